The fraction of sp³-hybridized carbons (Fsp3) is 0.292. The molecule has 0 fully saturated rings. The molecule has 1 amide bonds. The van der Waals surface area contributed by atoms with Gasteiger partial charge in [-0.15, -0.1) is 15.3 Å². The van der Waals surface area contributed by atoms with Crippen LogP contribution in [-0.2, 0) is 4.79 Å². The standard InChI is InChI=1S/C24H25N7O3/c1-5-11-34-18-8-7-16(12-19(18)33-6-2)17-13-22(32)25-24-23(17)14(3)28-31(24)21-10-9-20-27-26-15(4)30(20)29-21/h5,7-10,12,17H,1,6,11,13H2,2-4H3,(H,25,32)/t17-/m1/s1. The van der Waals surface area contributed by atoms with E-state index in [4.69, 9.17) is 14.6 Å². The third-order valence-electron chi connectivity index (χ3n) is 5.75. The zero-order chi connectivity index (χ0) is 23.8. The number of fused-ring (bicyclic) bond motifs is 2. The summed E-state index contributed by atoms with van der Waals surface area (Å²) in [6, 6.07) is 9.42. The molecule has 3 aromatic heterocycles. The molecule has 0 bridgehead atoms. The Bertz CT molecular complexity index is 1410. The van der Waals surface area contributed by atoms with Crippen molar-refractivity contribution in [1.29, 1.82) is 0 Å². The molecule has 34 heavy (non-hydrogen) atoms. The van der Waals surface area contributed by atoms with Crippen LogP contribution in [0.3, 0.4) is 0 Å². The molecule has 1 aliphatic heterocycles. The van der Waals surface area contributed by atoms with E-state index in [1.807, 2.05) is 51.1 Å². The molecule has 1 aliphatic rings. The van der Waals surface area contributed by atoms with Crippen LogP contribution in [0, 0.1) is 13.8 Å². The van der Waals surface area contributed by atoms with Gasteiger partial charge in [-0.25, -0.2) is 0 Å². The van der Waals surface area contributed by atoms with Crippen LogP contribution in [0.15, 0.2) is 43.0 Å². The first-order valence-electron chi connectivity index (χ1n) is 11.1. The highest BCUT2D eigenvalue weighted by Crippen LogP contribution is 2.42. The Hall–Kier alpha value is -4.21. The van der Waals surface area contributed by atoms with Crippen LogP contribution in [-0.4, -0.2) is 48.7 Å². The van der Waals surface area contributed by atoms with Crippen LogP contribution < -0.4 is 14.8 Å². The number of anilines is 1. The minimum Gasteiger partial charge on any atom is -0.490 e. The van der Waals surface area contributed by atoms with Gasteiger partial charge in [-0.2, -0.15) is 14.3 Å². The van der Waals surface area contributed by atoms with E-state index in [0.29, 0.717) is 54.2 Å². The third-order valence-corrected chi connectivity index (χ3v) is 5.75. The molecular formula is C24H25N7O3. The molecule has 5 rings (SSSR count). The summed E-state index contributed by atoms with van der Waals surface area (Å²) in [4.78, 5) is 12.8. The smallest absolute Gasteiger partial charge is 0.226 e. The van der Waals surface area contributed by atoms with Crippen molar-refractivity contribution in [2.24, 2.45) is 0 Å². The summed E-state index contributed by atoms with van der Waals surface area (Å²) < 4.78 is 14.9. The van der Waals surface area contributed by atoms with Gasteiger partial charge in [-0.05, 0) is 50.6 Å². The predicted octanol–water partition coefficient (Wildman–Crippen LogP) is 3.36. The zero-order valence-electron chi connectivity index (χ0n) is 19.3. The monoisotopic (exact) mass is 459 g/mol. The lowest BCUT2D eigenvalue weighted by Gasteiger charge is -2.25. The summed E-state index contributed by atoms with van der Waals surface area (Å²) in [7, 11) is 0. The molecule has 1 atom stereocenters. The summed E-state index contributed by atoms with van der Waals surface area (Å²) in [6.07, 6.45) is 1.99. The molecule has 4 aromatic rings. The predicted molar refractivity (Wildman–Crippen MR) is 126 cm³/mol. The number of amides is 1. The maximum atomic E-state index is 12.8. The number of nitrogens with zero attached hydrogens (tertiary/aromatic N) is 6. The Morgan fingerprint density at radius 2 is 2.00 bits per heavy atom. The number of benzene rings is 1. The number of nitrogens with one attached hydrogen (secondary N) is 1. The van der Waals surface area contributed by atoms with E-state index in [1.54, 1.807) is 15.3 Å². The van der Waals surface area contributed by atoms with Crippen molar-refractivity contribution in [2.75, 3.05) is 18.5 Å². The maximum absolute atomic E-state index is 12.8. The first-order chi connectivity index (χ1) is 16.5. The number of ether oxygens (including phenoxy) is 2. The zero-order valence-corrected chi connectivity index (χ0v) is 19.3. The average molecular weight is 460 g/mol. The Morgan fingerprint density at radius 3 is 2.79 bits per heavy atom. The van der Waals surface area contributed by atoms with Gasteiger partial charge in [0.25, 0.3) is 0 Å². The van der Waals surface area contributed by atoms with E-state index >= 15 is 0 Å². The molecule has 0 spiro atoms. The third kappa shape index (κ3) is 3.66. The Morgan fingerprint density at radius 1 is 1.15 bits per heavy atom. The van der Waals surface area contributed by atoms with Gasteiger partial charge in [0.1, 0.15) is 12.4 Å². The molecule has 10 nitrogen and oxygen atoms in total. The van der Waals surface area contributed by atoms with Crippen molar-refractivity contribution in [3.63, 3.8) is 0 Å². The van der Waals surface area contributed by atoms with Crippen molar-refractivity contribution in [1.82, 2.24) is 29.6 Å². The second-order valence-corrected chi connectivity index (χ2v) is 8.01. The Balaban J connectivity index is 1.60. The first-order valence-corrected chi connectivity index (χ1v) is 11.1. The summed E-state index contributed by atoms with van der Waals surface area (Å²) in [6.45, 7) is 10.3. The number of aromatic nitrogens is 6. The second-order valence-electron chi connectivity index (χ2n) is 8.01. The van der Waals surface area contributed by atoms with E-state index in [2.05, 4.69) is 27.2 Å². The highest BCUT2D eigenvalue weighted by molar-refractivity contribution is 5.95. The molecule has 0 saturated heterocycles. The van der Waals surface area contributed by atoms with Gasteiger partial charge in [-0.1, -0.05) is 18.7 Å². The van der Waals surface area contributed by atoms with Crippen molar-refractivity contribution in [3.8, 4) is 17.3 Å². The Labute approximate surface area is 196 Å². The van der Waals surface area contributed by atoms with Crippen LogP contribution in [0.5, 0.6) is 11.5 Å². The largest absolute Gasteiger partial charge is 0.490 e. The van der Waals surface area contributed by atoms with Crippen LogP contribution in [0.4, 0.5) is 5.82 Å². The molecule has 10 heteroatoms. The summed E-state index contributed by atoms with van der Waals surface area (Å²) in [5.74, 6) is 2.83. The summed E-state index contributed by atoms with van der Waals surface area (Å²) in [5, 5.41) is 20.5. The summed E-state index contributed by atoms with van der Waals surface area (Å²) >= 11 is 0. The van der Waals surface area contributed by atoms with Gasteiger partial charge in [0.05, 0.1) is 12.3 Å². The van der Waals surface area contributed by atoms with E-state index in [-0.39, 0.29) is 11.8 Å². The molecule has 174 valence electrons. The van der Waals surface area contributed by atoms with Crippen molar-refractivity contribution >= 4 is 17.4 Å². The fourth-order valence-corrected chi connectivity index (χ4v) is 4.27. The van der Waals surface area contributed by atoms with Gasteiger partial charge < -0.3 is 14.8 Å². The number of hydrogen-bond donors (Lipinski definition) is 1. The van der Waals surface area contributed by atoms with Crippen LogP contribution in [0.2, 0.25) is 0 Å². The SMILES string of the molecule is C=CCOc1ccc([C@H]2CC(=O)Nc3c2c(C)nn3-c2ccc3nnc(C)n3n2)cc1OCC. The van der Waals surface area contributed by atoms with Gasteiger partial charge in [0, 0.05) is 17.9 Å². The normalized spacial score (nSPS) is 15.1. The van der Waals surface area contributed by atoms with Gasteiger partial charge in [-0.3, -0.25) is 4.79 Å². The molecule has 1 aromatic carbocycles. The molecule has 1 N–H and O–H groups in total. The molecule has 0 aliphatic carbocycles. The minimum atomic E-state index is -0.189. The van der Waals surface area contributed by atoms with E-state index in [9.17, 15) is 4.79 Å². The minimum absolute atomic E-state index is 0.0925. The van der Waals surface area contributed by atoms with Crippen LogP contribution >= 0.6 is 0 Å². The van der Waals surface area contributed by atoms with Crippen molar-refractivity contribution < 1.29 is 14.3 Å². The van der Waals surface area contributed by atoms with Crippen LogP contribution in [0.25, 0.3) is 11.5 Å². The number of hydrogen-bond acceptors (Lipinski definition) is 7. The highest BCUT2D eigenvalue weighted by Gasteiger charge is 2.33. The number of rotatable bonds is 7. The molecule has 0 unspecified atom stereocenters. The molecule has 4 heterocycles. The molecular weight excluding hydrogens is 434 g/mol. The average Bonchev–Trinajstić information content (AvgIpc) is 3.37. The Kier molecular flexibility index (Phi) is 5.48. The maximum Gasteiger partial charge on any atom is 0.226 e. The lowest BCUT2D eigenvalue weighted by Crippen LogP contribution is -2.25. The topological polar surface area (TPSA) is 108 Å². The fourth-order valence-electron chi connectivity index (χ4n) is 4.27. The number of carbonyl (C=O) groups excluding carboxylic acids is 1. The van der Waals surface area contributed by atoms with Crippen molar-refractivity contribution in [3.05, 3.63) is 65.6 Å². The van der Waals surface area contributed by atoms with E-state index < -0.39 is 0 Å². The first kappa shape index (κ1) is 21.6. The van der Waals surface area contributed by atoms with Gasteiger partial charge in [0.2, 0.25) is 5.91 Å². The number of carbonyl (C=O) groups is 1. The van der Waals surface area contributed by atoms with Crippen molar-refractivity contribution in [2.45, 2.75) is 33.1 Å². The molecule has 0 radical (unpaired) electrons. The van der Waals surface area contributed by atoms with Crippen LogP contribution in [0.1, 0.15) is 41.9 Å². The van der Waals surface area contributed by atoms with Gasteiger partial charge >= 0.3 is 0 Å². The second kappa shape index (κ2) is 8.62. The van der Waals surface area contributed by atoms with E-state index in [0.717, 1.165) is 16.8 Å². The lowest BCUT2D eigenvalue weighted by atomic mass is 9.85. The molecule has 0 saturated carbocycles. The van der Waals surface area contributed by atoms with E-state index in [1.165, 1.54) is 0 Å². The quantitative estimate of drug-likeness (QED) is 0.422. The summed E-state index contributed by atoms with van der Waals surface area (Å²) in [5.41, 5.74) is 3.35. The lowest BCUT2D eigenvalue weighted by molar-refractivity contribution is -0.116. The number of aryl methyl sites for hydroxylation is 2. The van der Waals surface area contributed by atoms with Gasteiger partial charge in [0.15, 0.2) is 28.8 Å². The highest BCUT2D eigenvalue weighted by atomic mass is 16.5.